The van der Waals surface area contributed by atoms with E-state index in [-0.39, 0.29) is 17.8 Å². The first kappa shape index (κ1) is 16.8. The van der Waals surface area contributed by atoms with Crippen LogP contribution in [0.15, 0.2) is 30.3 Å². The number of rotatable bonds is 5. The number of nitrogens with zero attached hydrogens (tertiary/aromatic N) is 1. The first-order valence-electron chi connectivity index (χ1n) is 8.73. The molecule has 1 aliphatic carbocycles. The summed E-state index contributed by atoms with van der Waals surface area (Å²) in [6.45, 7) is 10.7. The van der Waals surface area contributed by atoms with Crippen molar-refractivity contribution in [1.29, 1.82) is 0 Å². The van der Waals surface area contributed by atoms with Crippen LogP contribution in [0.5, 0.6) is 5.75 Å². The minimum Gasteiger partial charge on any atom is -0.485 e. The van der Waals surface area contributed by atoms with Gasteiger partial charge in [0.05, 0.1) is 0 Å². The molecule has 0 N–H and O–H groups in total. The van der Waals surface area contributed by atoms with Crippen LogP contribution >= 0.6 is 0 Å². The summed E-state index contributed by atoms with van der Waals surface area (Å²) in [5.41, 5.74) is 4.16. The van der Waals surface area contributed by atoms with Crippen molar-refractivity contribution in [3.63, 3.8) is 0 Å². The summed E-state index contributed by atoms with van der Waals surface area (Å²) in [6, 6.07) is 10.6. The van der Waals surface area contributed by atoms with Gasteiger partial charge in [0.1, 0.15) is 5.75 Å². The van der Waals surface area contributed by atoms with Gasteiger partial charge < -0.3 is 9.30 Å². The lowest BCUT2D eigenvalue weighted by molar-refractivity contribution is 0.0919. The highest BCUT2D eigenvalue weighted by Gasteiger charge is 2.28. The van der Waals surface area contributed by atoms with Crippen LogP contribution in [0.4, 0.5) is 0 Å². The second-order valence-corrected chi connectivity index (χ2v) is 7.84. The number of carbonyl (C=O) groups excluding carboxylic acids is 1. The summed E-state index contributed by atoms with van der Waals surface area (Å²) in [5, 5.41) is 0. The van der Waals surface area contributed by atoms with Gasteiger partial charge in [0.25, 0.3) is 0 Å². The van der Waals surface area contributed by atoms with Crippen molar-refractivity contribution in [1.82, 2.24) is 4.57 Å². The Morgan fingerprint density at radius 1 is 1.21 bits per heavy atom. The Labute approximate surface area is 144 Å². The summed E-state index contributed by atoms with van der Waals surface area (Å²) in [5.74, 6) is 0.855. The molecule has 128 valence electrons. The molecule has 3 nitrogen and oxygen atoms in total. The number of hydrogen-bond donors (Lipinski definition) is 0. The van der Waals surface area contributed by atoms with Crippen LogP contribution < -0.4 is 4.74 Å². The zero-order valence-electron chi connectivity index (χ0n) is 15.3. The lowest BCUT2D eigenvalue weighted by Crippen LogP contribution is -2.17. The monoisotopic (exact) mass is 325 g/mol. The maximum Gasteiger partial charge on any atom is 0.202 e. The Hall–Kier alpha value is -2.03. The third kappa shape index (κ3) is 3.26. The molecule has 24 heavy (non-hydrogen) atoms. The third-order valence-electron chi connectivity index (χ3n) is 4.75. The van der Waals surface area contributed by atoms with Gasteiger partial charge in [-0.2, -0.15) is 0 Å². The molecule has 1 saturated carbocycles. The molecule has 0 unspecified atom stereocenters. The minimum absolute atomic E-state index is 0.0125. The summed E-state index contributed by atoms with van der Waals surface area (Å²) >= 11 is 0. The number of benzene rings is 1. The van der Waals surface area contributed by atoms with E-state index in [9.17, 15) is 4.79 Å². The molecule has 0 amide bonds. The molecule has 0 bridgehead atoms. The molecule has 0 saturated heterocycles. The standard InChI is InChI=1S/C21H27NO2/c1-14-12-17(15(2)22(14)16-10-11-16)19(23)13-24-20-9-7-6-8-18(20)21(3,4)5/h6-9,12,16H,10-11,13H2,1-5H3. The number of para-hydroxylation sites is 1. The SMILES string of the molecule is Cc1cc(C(=O)COc2ccccc2C(C)(C)C)c(C)n1C1CC1. The topological polar surface area (TPSA) is 31.2 Å². The summed E-state index contributed by atoms with van der Waals surface area (Å²) in [4.78, 5) is 12.7. The second kappa shape index (κ2) is 6.12. The van der Waals surface area contributed by atoms with Crippen LogP contribution in [0.25, 0.3) is 0 Å². The Morgan fingerprint density at radius 3 is 2.50 bits per heavy atom. The van der Waals surface area contributed by atoms with Crippen molar-refractivity contribution >= 4 is 5.78 Å². The maximum absolute atomic E-state index is 12.7. The van der Waals surface area contributed by atoms with E-state index in [1.54, 1.807) is 0 Å². The summed E-state index contributed by atoms with van der Waals surface area (Å²) in [7, 11) is 0. The number of aromatic nitrogens is 1. The van der Waals surface area contributed by atoms with E-state index in [0.29, 0.717) is 6.04 Å². The van der Waals surface area contributed by atoms with Crippen molar-refractivity contribution in [3.05, 3.63) is 52.8 Å². The van der Waals surface area contributed by atoms with Crippen LogP contribution in [0.2, 0.25) is 0 Å². The van der Waals surface area contributed by atoms with Crippen molar-refractivity contribution in [2.24, 2.45) is 0 Å². The molecule has 2 aromatic rings. The first-order chi connectivity index (χ1) is 11.3. The lowest BCUT2D eigenvalue weighted by Gasteiger charge is -2.22. The van der Waals surface area contributed by atoms with E-state index in [0.717, 1.165) is 22.6 Å². The minimum atomic E-state index is -0.0125. The fraction of sp³-hybridized carbons (Fsp3) is 0.476. The molecule has 1 aliphatic rings. The third-order valence-corrected chi connectivity index (χ3v) is 4.75. The second-order valence-electron chi connectivity index (χ2n) is 7.84. The number of Topliss-reactive ketones (excluding diaryl/α,β-unsaturated/α-hetero) is 1. The number of ether oxygens (including phenoxy) is 1. The molecule has 0 atom stereocenters. The van der Waals surface area contributed by atoms with E-state index in [2.05, 4.69) is 38.3 Å². The van der Waals surface area contributed by atoms with E-state index in [1.807, 2.05) is 31.2 Å². The molecular weight excluding hydrogens is 298 g/mol. The fourth-order valence-corrected chi connectivity index (χ4v) is 3.39. The van der Waals surface area contributed by atoms with Gasteiger partial charge in [0, 0.05) is 23.0 Å². The highest BCUT2D eigenvalue weighted by Crippen LogP contribution is 2.38. The van der Waals surface area contributed by atoms with Crippen LogP contribution in [0, 0.1) is 13.8 Å². The molecule has 3 heteroatoms. The smallest absolute Gasteiger partial charge is 0.202 e. The quantitative estimate of drug-likeness (QED) is 0.724. The molecule has 1 fully saturated rings. The van der Waals surface area contributed by atoms with Gasteiger partial charge in [-0.1, -0.05) is 39.0 Å². The van der Waals surface area contributed by atoms with Gasteiger partial charge in [-0.15, -0.1) is 0 Å². The van der Waals surface area contributed by atoms with Crippen molar-refractivity contribution in [2.45, 2.75) is 58.9 Å². The molecule has 0 spiro atoms. The predicted molar refractivity (Wildman–Crippen MR) is 97.1 cm³/mol. The average molecular weight is 325 g/mol. The van der Waals surface area contributed by atoms with Gasteiger partial charge in [-0.25, -0.2) is 0 Å². The number of hydrogen-bond acceptors (Lipinski definition) is 2. The number of ketones is 1. The summed E-state index contributed by atoms with van der Waals surface area (Å²) in [6.07, 6.45) is 2.44. The lowest BCUT2D eigenvalue weighted by atomic mass is 9.86. The van der Waals surface area contributed by atoms with Crippen molar-refractivity contribution in [2.75, 3.05) is 6.61 Å². The van der Waals surface area contributed by atoms with Crippen LogP contribution in [0.3, 0.4) is 0 Å². The first-order valence-corrected chi connectivity index (χ1v) is 8.73. The normalized spacial score (nSPS) is 14.7. The molecule has 1 heterocycles. The highest BCUT2D eigenvalue weighted by molar-refractivity contribution is 5.98. The Morgan fingerprint density at radius 2 is 1.88 bits per heavy atom. The molecule has 0 aliphatic heterocycles. The predicted octanol–water partition coefficient (Wildman–Crippen LogP) is 5.00. The Balaban J connectivity index is 1.77. The Bertz CT molecular complexity index is 761. The average Bonchev–Trinajstić information content (AvgIpc) is 3.30. The molecule has 1 aromatic heterocycles. The fourth-order valence-electron chi connectivity index (χ4n) is 3.39. The van der Waals surface area contributed by atoms with Crippen molar-refractivity contribution in [3.8, 4) is 5.75 Å². The number of aryl methyl sites for hydroxylation is 1. The highest BCUT2D eigenvalue weighted by atomic mass is 16.5. The maximum atomic E-state index is 12.7. The van der Waals surface area contributed by atoms with Crippen LogP contribution in [-0.4, -0.2) is 17.0 Å². The van der Waals surface area contributed by atoms with Gasteiger partial charge in [0.15, 0.2) is 6.61 Å². The van der Waals surface area contributed by atoms with E-state index >= 15 is 0 Å². The van der Waals surface area contributed by atoms with Gasteiger partial charge in [-0.3, -0.25) is 4.79 Å². The Kier molecular flexibility index (Phi) is 4.29. The zero-order valence-corrected chi connectivity index (χ0v) is 15.3. The van der Waals surface area contributed by atoms with Gasteiger partial charge in [-0.05, 0) is 49.8 Å². The molecular formula is C21H27NO2. The molecule has 3 rings (SSSR count). The van der Waals surface area contributed by atoms with E-state index < -0.39 is 0 Å². The molecule has 1 aromatic carbocycles. The van der Waals surface area contributed by atoms with Crippen molar-refractivity contribution < 1.29 is 9.53 Å². The molecule has 0 radical (unpaired) electrons. The summed E-state index contributed by atoms with van der Waals surface area (Å²) < 4.78 is 8.20. The van der Waals surface area contributed by atoms with Crippen LogP contribution in [0.1, 0.15) is 67.0 Å². The van der Waals surface area contributed by atoms with Gasteiger partial charge in [0.2, 0.25) is 5.78 Å². The van der Waals surface area contributed by atoms with E-state index in [4.69, 9.17) is 4.74 Å². The zero-order chi connectivity index (χ0) is 17.5. The number of carbonyl (C=O) groups is 1. The largest absolute Gasteiger partial charge is 0.485 e. The van der Waals surface area contributed by atoms with Gasteiger partial charge >= 0.3 is 0 Å². The van der Waals surface area contributed by atoms with E-state index in [1.165, 1.54) is 18.5 Å². The van der Waals surface area contributed by atoms with Crippen LogP contribution in [-0.2, 0) is 5.41 Å².